The number of rotatable bonds is 17. The molecule has 0 amide bonds. The quantitative estimate of drug-likeness (QED) is 0.0281. The maximum atomic E-state index is 14.0. The van der Waals surface area contributed by atoms with E-state index in [1.54, 1.807) is 35.8 Å². The van der Waals surface area contributed by atoms with Crippen LogP contribution >= 0.6 is 0 Å². The first kappa shape index (κ1) is 78.8. The van der Waals surface area contributed by atoms with Gasteiger partial charge in [0, 0.05) is 91.2 Å². The molecule has 2 radical (unpaired) electrons. The molecule has 16 rings (SSSR count). The molecular formula is C75H52BN13O29. The highest BCUT2D eigenvalue weighted by Gasteiger charge is 2.52. The topological polar surface area (TPSA) is 578 Å². The van der Waals surface area contributed by atoms with Crippen LogP contribution in [0.1, 0.15) is 107 Å². The number of carboxylic acids is 1. The number of fused-ring (bicyclic) bond motifs is 16. The minimum absolute atomic E-state index is 0.0267. The van der Waals surface area contributed by atoms with E-state index in [0.717, 1.165) is 65.0 Å². The summed E-state index contributed by atoms with van der Waals surface area (Å²) in [5, 5.41) is 111. The Morgan fingerprint density at radius 1 is 0.542 bits per heavy atom. The molecule has 118 heavy (non-hydrogen) atoms. The van der Waals surface area contributed by atoms with Crippen LogP contribution in [0.3, 0.4) is 0 Å². The largest absolute Gasteiger partial charge is 0.478 e. The van der Waals surface area contributed by atoms with Crippen molar-refractivity contribution in [2.24, 2.45) is 10.3 Å². The molecule has 8 heterocycles. The molecule has 0 saturated heterocycles. The Morgan fingerprint density at radius 2 is 0.966 bits per heavy atom. The van der Waals surface area contributed by atoms with Gasteiger partial charge in [0.15, 0.2) is 5.60 Å². The third-order valence-corrected chi connectivity index (χ3v) is 20.5. The number of carbonyl (C=O) groups is 5. The number of carbonyl (C=O) groups excluding carboxylic acids is 4. The Hall–Kier alpha value is -15.8. The second-order valence-electron chi connectivity index (χ2n) is 27.4. The molecule has 43 heteroatoms. The van der Waals surface area contributed by atoms with Gasteiger partial charge in [-0.15, -0.1) is 0 Å². The van der Waals surface area contributed by atoms with Crippen molar-refractivity contribution in [2.75, 3.05) is 0 Å². The first-order valence-electron chi connectivity index (χ1n) is 35.0. The number of ether oxygens (including phenoxy) is 4. The molecule has 0 spiro atoms. The van der Waals surface area contributed by atoms with Crippen LogP contribution in [0.5, 0.6) is 5.75 Å². The zero-order valence-electron chi connectivity index (χ0n) is 61.6. The van der Waals surface area contributed by atoms with Gasteiger partial charge in [0.2, 0.25) is 31.5 Å². The number of oxime groups is 2. The van der Waals surface area contributed by atoms with Crippen molar-refractivity contribution in [3.05, 3.63) is 267 Å². The number of nitrogens with zero attached hydrogens (tertiary/aromatic N) is 13. The fourth-order valence-corrected chi connectivity index (χ4v) is 14.8. The van der Waals surface area contributed by atoms with E-state index >= 15 is 0 Å². The van der Waals surface area contributed by atoms with Crippen LogP contribution in [0.4, 0.5) is 44.6 Å². The maximum Gasteiger partial charge on any atom is 0.355 e. The molecule has 4 aromatic heterocycles. The normalized spacial score (nSPS) is 16.4. The van der Waals surface area contributed by atoms with Gasteiger partial charge in [-0.1, -0.05) is 35.8 Å². The molecule has 4 aliphatic heterocycles. The Morgan fingerprint density at radius 3 is 1.42 bits per heavy atom. The summed E-state index contributed by atoms with van der Waals surface area (Å²) in [6, 6.07) is 24.6. The number of cyclic esters (lactones) is 2. The standard InChI is InChI=1S/C38H25BN6O14.C21H18N2O4.C16H9N5O11/c1-4-38(26-13-29-32-19(14-42(29)34(46)25(26)15-56-36(38)48)8-18-9-22(57-37(39)49)5-6-27(18)40-32)58-35(47)17(3)59-41-33-23-10-20(43(50)51)7-16(2)30(23)31-24(33)11-21(44(52)53)12-28(31)45(54)55;1-3-21(26)15-8-17-18-13(7-12-6-11(2)4-5-16(12)22-18)9-23(17)19(24)14(15)10-27-20(21)25;1-6(16(22)23)32-17-15-9-2-7(18(24)25)4-11(20(28)29)13(9)14-10(15)3-8(19(26)27)5-12(14)21(30)31/h5-13,17H,4,14-15H2,1-3H3;4-8,26H,3,9-10H2,1-2H3;2-6H,1H3,(H,22,23)/b41-33-;;/t17-,38-;21-;6-/m000/s1. The summed E-state index contributed by atoms with van der Waals surface area (Å²) >= 11 is 0. The smallest absolute Gasteiger partial charge is 0.355 e. The summed E-state index contributed by atoms with van der Waals surface area (Å²) < 4.78 is 24.4. The van der Waals surface area contributed by atoms with E-state index in [1.807, 2.05) is 19.1 Å². The minimum atomic E-state index is -2.16. The van der Waals surface area contributed by atoms with Crippen LogP contribution in [-0.4, -0.2) is 125 Å². The molecule has 6 aromatic carbocycles. The van der Waals surface area contributed by atoms with Crippen molar-refractivity contribution in [1.82, 2.24) is 19.1 Å². The van der Waals surface area contributed by atoms with Gasteiger partial charge in [-0.05, 0) is 101 Å². The highest BCUT2D eigenvalue weighted by atomic mass is 16.7. The SMILES string of the molecule is CC[C@@]1(O)C(=O)OCc2c1cc1n(c2=O)Cc2cc3cc(C)ccc3nc2-1.C[C@H](ON=C1c2cc([N+](=O)[O-])cc([N+](=O)[O-])c2-c2c1cc([N+](=O)[O-])cc2[N+](=O)[O-])C(=O)O.[B]C(=O)Oc1ccc2nc3c(cc2c1)Cn1c-3cc2c(c1=O)COC(=O)[C@@]2(CC)OC(=O)[C@H](C)O/N=C1/c2cc([N+](=O)[O-])cc(C)c2-c2c1cc([N+](=O)[O-])cc2[N+](=O)[O-]. The van der Waals surface area contributed by atoms with Crippen molar-refractivity contribution in [1.29, 1.82) is 0 Å². The van der Waals surface area contributed by atoms with E-state index in [0.29, 0.717) is 63.4 Å². The van der Waals surface area contributed by atoms with E-state index in [2.05, 4.69) is 22.4 Å². The number of aryl methyl sites for hydroxylation is 2. The zero-order chi connectivity index (χ0) is 85.1. The van der Waals surface area contributed by atoms with Crippen LogP contribution < -0.4 is 15.9 Å². The lowest BCUT2D eigenvalue weighted by atomic mass is 9.85. The van der Waals surface area contributed by atoms with Gasteiger partial charge < -0.3 is 48.0 Å². The van der Waals surface area contributed by atoms with Crippen molar-refractivity contribution in [3.63, 3.8) is 0 Å². The molecule has 0 bridgehead atoms. The number of aromatic nitrogens is 4. The number of nitro benzene ring substituents is 7. The van der Waals surface area contributed by atoms with Crippen molar-refractivity contribution < 1.29 is 97.3 Å². The number of nitro groups is 7. The van der Waals surface area contributed by atoms with Gasteiger partial charge in [0.1, 0.15) is 30.4 Å². The minimum Gasteiger partial charge on any atom is -0.478 e. The van der Waals surface area contributed by atoms with Crippen molar-refractivity contribution in [2.45, 2.75) is 104 Å². The predicted octanol–water partition coefficient (Wildman–Crippen LogP) is 10.1. The Kier molecular flexibility index (Phi) is 19.6. The number of benzene rings is 6. The molecule has 2 N–H and O–H groups in total. The van der Waals surface area contributed by atoms with E-state index in [4.69, 9.17) is 51.5 Å². The van der Waals surface area contributed by atoms with Gasteiger partial charge in [0.25, 0.3) is 50.9 Å². The molecule has 0 unspecified atom stereocenters. The summed E-state index contributed by atoms with van der Waals surface area (Å²) in [5.74, 6) is -5.11. The average molecular weight is 1610 g/mol. The van der Waals surface area contributed by atoms with Crippen LogP contribution in [0, 0.1) is 84.6 Å². The van der Waals surface area contributed by atoms with Crippen molar-refractivity contribution in [3.8, 4) is 50.8 Å². The number of carboxylic acid groups (broad SMARTS) is 1. The summed E-state index contributed by atoms with van der Waals surface area (Å²) in [4.78, 5) is 184. The van der Waals surface area contributed by atoms with Crippen LogP contribution in [-0.2, 0) is 80.6 Å². The number of aliphatic hydroxyl groups is 1. The van der Waals surface area contributed by atoms with Gasteiger partial charge in [0.05, 0.1) is 127 Å². The van der Waals surface area contributed by atoms with Gasteiger partial charge >= 0.3 is 23.9 Å². The lowest BCUT2D eigenvalue weighted by molar-refractivity contribution is -0.395. The number of aliphatic carboxylic acids is 1. The average Bonchev–Trinajstić information content (AvgIpc) is 1.46. The monoisotopic (exact) mass is 1610 g/mol. The zero-order valence-corrected chi connectivity index (χ0v) is 61.6. The number of esters is 3. The van der Waals surface area contributed by atoms with E-state index in [1.165, 1.54) is 43.5 Å². The second-order valence-corrected chi connectivity index (χ2v) is 27.4. The molecule has 2 aliphatic carbocycles. The molecule has 0 fully saturated rings. The maximum absolute atomic E-state index is 14.0. The first-order chi connectivity index (χ1) is 55.9. The highest BCUT2D eigenvalue weighted by Crippen LogP contribution is 2.52. The third kappa shape index (κ3) is 13.2. The highest BCUT2D eigenvalue weighted by molar-refractivity contribution is 6.55. The summed E-state index contributed by atoms with van der Waals surface area (Å²) in [6.07, 6.45) is -3.25. The van der Waals surface area contributed by atoms with Crippen LogP contribution in [0.15, 0.2) is 129 Å². The number of pyridine rings is 4. The molecule has 10 aromatic rings. The molecule has 42 nitrogen and oxygen atoms in total. The number of non-ortho nitro benzene ring substituents is 4. The van der Waals surface area contributed by atoms with E-state index in [9.17, 15) is 109 Å². The Labute approximate surface area is 657 Å². The molecule has 4 atom stereocenters. The Bertz CT molecular complexity index is 6470. The second kappa shape index (κ2) is 29.3. The fourth-order valence-electron chi connectivity index (χ4n) is 14.8. The summed E-state index contributed by atoms with van der Waals surface area (Å²) in [6.45, 7) is 9.00. The lowest BCUT2D eigenvalue weighted by Gasteiger charge is -2.36. The summed E-state index contributed by atoms with van der Waals surface area (Å²) in [7, 11) is 5.15. The molecule has 594 valence electrons. The first-order valence-corrected chi connectivity index (χ1v) is 35.0. The number of hydrogen-bond acceptors (Lipinski definition) is 32. The van der Waals surface area contributed by atoms with E-state index < -0.39 is 156 Å². The van der Waals surface area contributed by atoms with Crippen molar-refractivity contribution >= 4 is 111 Å². The lowest BCUT2D eigenvalue weighted by Crippen LogP contribution is -2.48. The van der Waals surface area contributed by atoms with Gasteiger partial charge in [-0.25, -0.2) is 29.1 Å². The molecular weight excluding hydrogens is 1560 g/mol. The van der Waals surface area contributed by atoms with Crippen LogP contribution in [0.2, 0.25) is 0 Å². The molecule has 6 aliphatic rings. The third-order valence-electron chi connectivity index (χ3n) is 20.5. The van der Waals surface area contributed by atoms with Gasteiger partial charge in [-0.2, -0.15) is 0 Å². The predicted molar refractivity (Wildman–Crippen MR) is 405 cm³/mol. The fraction of sp³-hybridized carbons (Fsp3) is 0.213. The Balaban J connectivity index is 0.000000162. The van der Waals surface area contributed by atoms with E-state index in [-0.39, 0.29) is 93.1 Å². The van der Waals surface area contributed by atoms with Crippen LogP contribution in [0.25, 0.3) is 66.8 Å². The number of hydrogen-bond donors (Lipinski definition) is 2. The van der Waals surface area contributed by atoms with Gasteiger partial charge in [-0.3, -0.25) is 85.2 Å². The molecule has 0 saturated carbocycles. The summed E-state index contributed by atoms with van der Waals surface area (Å²) in [5.41, 5.74) is -5.07.